The normalized spacial score (nSPS) is 17.1. The van der Waals surface area contributed by atoms with Crippen LogP contribution in [0, 0.1) is 12.7 Å². The summed E-state index contributed by atoms with van der Waals surface area (Å²) < 4.78 is 42.6. The van der Waals surface area contributed by atoms with Gasteiger partial charge in [-0.15, -0.1) is 22.7 Å². The molecule has 0 unspecified atom stereocenters. The third kappa shape index (κ3) is 5.37. The Balaban J connectivity index is 1.46. The zero-order valence-corrected chi connectivity index (χ0v) is 21.5. The molecule has 0 saturated carbocycles. The number of anilines is 2. The topological polar surface area (TPSA) is 78.4 Å². The van der Waals surface area contributed by atoms with Gasteiger partial charge in [-0.25, -0.2) is 22.8 Å². The smallest absolute Gasteiger partial charge is 0.266 e. The molecule has 1 atom stereocenters. The molecule has 1 aliphatic heterocycles. The molecule has 178 valence electrons. The van der Waals surface area contributed by atoms with E-state index in [-0.39, 0.29) is 16.8 Å². The van der Waals surface area contributed by atoms with E-state index < -0.39 is 15.8 Å². The van der Waals surface area contributed by atoms with E-state index in [1.165, 1.54) is 29.0 Å². The average molecular weight is 510 g/mol. The van der Waals surface area contributed by atoms with Crippen LogP contribution in [0.2, 0.25) is 0 Å². The van der Waals surface area contributed by atoms with Gasteiger partial charge in [0, 0.05) is 55.1 Å². The van der Waals surface area contributed by atoms with Gasteiger partial charge in [-0.3, -0.25) is 9.62 Å². The van der Waals surface area contributed by atoms with Gasteiger partial charge in [0.2, 0.25) is 0 Å². The minimum absolute atomic E-state index is 0.185. The van der Waals surface area contributed by atoms with Crippen LogP contribution in [0.15, 0.2) is 33.3 Å². The van der Waals surface area contributed by atoms with Crippen molar-refractivity contribution in [2.75, 3.05) is 29.8 Å². The van der Waals surface area contributed by atoms with E-state index in [1.807, 2.05) is 14.0 Å². The number of aromatic nitrogens is 2. The van der Waals surface area contributed by atoms with Gasteiger partial charge in [-0.05, 0) is 31.0 Å². The molecule has 0 spiro atoms. The van der Waals surface area contributed by atoms with Gasteiger partial charge in [0.25, 0.3) is 10.0 Å². The number of hydrogen-bond donors (Lipinski definition) is 1. The Labute approximate surface area is 202 Å². The number of halogens is 1. The van der Waals surface area contributed by atoms with Crippen LogP contribution in [0.25, 0.3) is 0 Å². The number of aryl methyl sites for hydroxylation is 1. The molecule has 0 radical (unpaired) electrons. The Morgan fingerprint density at radius 2 is 2.12 bits per heavy atom. The van der Waals surface area contributed by atoms with Gasteiger partial charge in [0.15, 0.2) is 5.82 Å². The predicted molar refractivity (Wildman–Crippen MR) is 132 cm³/mol. The summed E-state index contributed by atoms with van der Waals surface area (Å²) in [7, 11) is -2.12. The van der Waals surface area contributed by atoms with Gasteiger partial charge >= 0.3 is 0 Å². The predicted octanol–water partition coefficient (Wildman–Crippen LogP) is 4.68. The molecule has 0 amide bonds. The van der Waals surface area contributed by atoms with Crippen molar-refractivity contribution in [3.8, 4) is 0 Å². The van der Waals surface area contributed by atoms with Gasteiger partial charge in [-0.2, -0.15) is 0 Å². The highest BCUT2D eigenvalue weighted by Crippen LogP contribution is 2.30. The maximum Gasteiger partial charge on any atom is 0.266 e. The van der Waals surface area contributed by atoms with E-state index >= 15 is 0 Å². The minimum Gasteiger partial charge on any atom is -0.370 e. The fraction of sp³-hybridized carbons (Fsp3) is 0.455. The fourth-order valence-electron chi connectivity index (χ4n) is 4.04. The first-order valence-corrected chi connectivity index (χ1v) is 14.0. The van der Waals surface area contributed by atoms with Crippen molar-refractivity contribution in [3.05, 3.63) is 50.5 Å². The Hall–Kier alpha value is -2.08. The van der Waals surface area contributed by atoms with Crippen molar-refractivity contribution in [2.45, 2.75) is 50.6 Å². The van der Waals surface area contributed by atoms with Crippen LogP contribution in [0.1, 0.15) is 42.5 Å². The van der Waals surface area contributed by atoms with Gasteiger partial charge < -0.3 is 4.90 Å². The Bertz CT molecular complexity index is 1210. The summed E-state index contributed by atoms with van der Waals surface area (Å²) >= 11 is 2.97. The number of likely N-dealkylation sites (tertiary alicyclic amines) is 1. The Kier molecular flexibility index (Phi) is 7.04. The molecule has 4 rings (SSSR count). The van der Waals surface area contributed by atoms with Crippen molar-refractivity contribution in [2.24, 2.45) is 0 Å². The molecule has 1 aliphatic rings. The monoisotopic (exact) mass is 509 g/mol. The third-order valence-corrected chi connectivity index (χ3v) is 8.99. The van der Waals surface area contributed by atoms with Crippen molar-refractivity contribution in [1.29, 1.82) is 0 Å². The van der Waals surface area contributed by atoms with Crippen molar-refractivity contribution in [1.82, 2.24) is 14.9 Å². The molecule has 3 aromatic rings. The summed E-state index contributed by atoms with van der Waals surface area (Å²) in [6.45, 7) is 8.70. The number of rotatable bonds is 8. The van der Waals surface area contributed by atoms with E-state index in [9.17, 15) is 12.8 Å². The summed E-state index contributed by atoms with van der Waals surface area (Å²) in [4.78, 5) is 12.7. The SMILES string of the molecule is Cc1cc(S(=O)(=O)Nc2cscn2)c(F)cc1N(C)[C@H]1CCN(Cc2csc(C(C)C)n2)C1. The molecule has 0 bridgehead atoms. The summed E-state index contributed by atoms with van der Waals surface area (Å²) in [5.41, 5.74) is 4.01. The molecule has 1 saturated heterocycles. The van der Waals surface area contributed by atoms with E-state index in [0.717, 1.165) is 36.8 Å². The first-order valence-electron chi connectivity index (χ1n) is 10.7. The van der Waals surface area contributed by atoms with Crippen molar-refractivity contribution >= 4 is 44.2 Å². The van der Waals surface area contributed by atoms with E-state index in [1.54, 1.807) is 16.7 Å². The third-order valence-electron chi connectivity index (χ3n) is 5.84. The average Bonchev–Trinajstić information content (AvgIpc) is 3.51. The molecule has 1 N–H and O–H groups in total. The van der Waals surface area contributed by atoms with Crippen molar-refractivity contribution < 1.29 is 12.8 Å². The number of thiazole rings is 2. The van der Waals surface area contributed by atoms with Crippen LogP contribution in [-0.4, -0.2) is 49.5 Å². The summed E-state index contributed by atoms with van der Waals surface area (Å²) in [6.07, 6.45) is 0.949. The highest BCUT2D eigenvalue weighted by atomic mass is 32.2. The van der Waals surface area contributed by atoms with E-state index in [2.05, 4.69) is 38.7 Å². The molecular weight excluding hydrogens is 481 g/mol. The zero-order chi connectivity index (χ0) is 23.8. The number of benzene rings is 1. The number of nitrogens with one attached hydrogen (secondary N) is 1. The second-order valence-electron chi connectivity index (χ2n) is 8.67. The van der Waals surface area contributed by atoms with Crippen LogP contribution in [0.4, 0.5) is 15.9 Å². The lowest BCUT2D eigenvalue weighted by Crippen LogP contribution is -2.35. The number of hydrogen-bond acceptors (Lipinski definition) is 8. The molecule has 3 heterocycles. The molecule has 7 nitrogen and oxygen atoms in total. The van der Waals surface area contributed by atoms with Gasteiger partial charge in [0.05, 0.1) is 16.2 Å². The zero-order valence-electron chi connectivity index (χ0n) is 19.1. The van der Waals surface area contributed by atoms with Crippen LogP contribution in [0.5, 0.6) is 0 Å². The number of sulfonamides is 1. The summed E-state index contributed by atoms with van der Waals surface area (Å²) in [6, 6.07) is 2.93. The second-order valence-corrected chi connectivity index (χ2v) is 11.9. The summed E-state index contributed by atoms with van der Waals surface area (Å²) in [5.74, 6) is -0.156. The number of likely N-dealkylation sites (N-methyl/N-ethyl adjacent to an activating group) is 1. The highest BCUT2D eigenvalue weighted by molar-refractivity contribution is 7.92. The van der Waals surface area contributed by atoms with Gasteiger partial charge in [0.1, 0.15) is 10.7 Å². The number of nitrogens with zero attached hydrogens (tertiary/aromatic N) is 4. The molecule has 1 aromatic carbocycles. The maximum absolute atomic E-state index is 15.0. The summed E-state index contributed by atoms with van der Waals surface area (Å²) in [5, 5.41) is 4.85. The minimum atomic E-state index is -4.06. The molecule has 2 aromatic heterocycles. The highest BCUT2D eigenvalue weighted by Gasteiger charge is 2.29. The molecular formula is C22H28FN5O2S3. The standard InChI is InChI=1S/C22H28FN5O2S3/c1-14(2)22-25-16(11-32-22)9-28-6-5-17(10-28)27(4)19-8-18(23)20(7-15(19)3)33(29,30)26-21-12-31-13-24-21/h7-8,11-14,17,26H,5-6,9-10H2,1-4H3/t17-/m0/s1. The lowest BCUT2D eigenvalue weighted by molar-refractivity contribution is 0.322. The molecule has 33 heavy (non-hydrogen) atoms. The molecule has 1 fully saturated rings. The Morgan fingerprint density at radius 1 is 1.33 bits per heavy atom. The lowest BCUT2D eigenvalue weighted by atomic mass is 10.1. The van der Waals surface area contributed by atoms with Crippen LogP contribution in [0.3, 0.4) is 0 Å². The van der Waals surface area contributed by atoms with Crippen LogP contribution >= 0.6 is 22.7 Å². The molecule has 0 aliphatic carbocycles. The van der Waals surface area contributed by atoms with Gasteiger partial charge in [-0.1, -0.05) is 13.8 Å². The maximum atomic E-state index is 15.0. The lowest BCUT2D eigenvalue weighted by Gasteiger charge is -2.29. The largest absolute Gasteiger partial charge is 0.370 e. The van der Waals surface area contributed by atoms with Crippen LogP contribution < -0.4 is 9.62 Å². The first-order chi connectivity index (χ1) is 15.6. The van der Waals surface area contributed by atoms with Crippen LogP contribution in [-0.2, 0) is 16.6 Å². The van der Waals surface area contributed by atoms with Crippen molar-refractivity contribution in [3.63, 3.8) is 0 Å². The van der Waals surface area contributed by atoms with E-state index in [4.69, 9.17) is 4.98 Å². The molecule has 11 heteroatoms. The Morgan fingerprint density at radius 3 is 2.79 bits per heavy atom. The first kappa shape index (κ1) is 24.1. The van der Waals surface area contributed by atoms with E-state index in [0.29, 0.717) is 17.2 Å². The fourth-order valence-corrected chi connectivity index (χ4v) is 6.57. The quantitative estimate of drug-likeness (QED) is 0.475. The second kappa shape index (κ2) is 9.65.